The van der Waals surface area contributed by atoms with Crippen molar-refractivity contribution in [3.63, 3.8) is 0 Å². The fraction of sp³-hybridized carbons (Fsp3) is 0.188. The molecule has 21 heavy (non-hydrogen) atoms. The van der Waals surface area contributed by atoms with Crippen molar-refractivity contribution in [1.29, 1.82) is 0 Å². The van der Waals surface area contributed by atoms with Crippen molar-refractivity contribution in [2.24, 2.45) is 0 Å². The lowest BCUT2D eigenvalue weighted by Crippen LogP contribution is -2.33. The molecule has 0 fully saturated rings. The molecular formula is C16H13FN2S2. The molecule has 1 aromatic carbocycles. The third-order valence-electron chi connectivity index (χ3n) is 3.80. The molecule has 0 bridgehead atoms. The molecule has 0 aliphatic carbocycles. The lowest BCUT2D eigenvalue weighted by Gasteiger charge is -2.30. The van der Waals surface area contributed by atoms with Gasteiger partial charge in [-0.05, 0) is 29.5 Å². The smallest absolute Gasteiger partial charge is 0.128 e. The van der Waals surface area contributed by atoms with Gasteiger partial charge >= 0.3 is 0 Å². The van der Waals surface area contributed by atoms with Gasteiger partial charge in [-0.3, -0.25) is 5.32 Å². The lowest BCUT2D eigenvalue weighted by molar-refractivity contribution is 0.443. The van der Waals surface area contributed by atoms with E-state index in [2.05, 4.69) is 21.7 Å². The number of halogens is 1. The Bertz CT molecular complexity index is 751. The van der Waals surface area contributed by atoms with Gasteiger partial charge < -0.3 is 0 Å². The van der Waals surface area contributed by atoms with Gasteiger partial charge in [0.1, 0.15) is 10.8 Å². The summed E-state index contributed by atoms with van der Waals surface area (Å²) in [6, 6.07) is 9.21. The number of benzene rings is 1. The number of rotatable bonds is 2. The van der Waals surface area contributed by atoms with E-state index in [0.717, 1.165) is 11.4 Å². The predicted molar refractivity (Wildman–Crippen MR) is 84.3 cm³/mol. The average molecular weight is 316 g/mol. The maximum absolute atomic E-state index is 14.2. The largest absolute Gasteiger partial charge is 0.296 e. The Balaban J connectivity index is 1.78. The third-order valence-corrected chi connectivity index (χ3v) is 5.71. The van der Waals surface area contributed by atoms with E-state index in [4.69, 9.17) is 0 Å². The zero-order chi connectivity index (χ0) is 14.2. The molecule has 5 heteroatoms. The molecule has 0 radical (unpaired) electrons. The summed E-state index contributed by atoms with van der Waals surface area (Å²) in [7, 11) is 0. The second-order valence-corrected chi connectivity index (χ2v) is 6.93. The van der Waals surface area contributed by atoms with Gasteiger partial charge in [-0.25, -0.2) is 9.37 Å². The first kappa shape index (κ1) is 13.1. The first-order valence-electron chi connectivity index (χ1n) is 6.79. The van der Waals surface area contributed by atoms with E-state index in [9.17, 15) is 4.39 Å². The summed E-state index contributed by atoms with van der Waals surface area (Å²) in [5.74, 6) is -0.158. The van der Waals surface area contributed by atoms with E-state index in [-0.39, 0.29) is 17.9 Å². The van der Waals surface area contributed by atoms with Crippen LogP contribution in [0.2, 0.25) is 0 Å². The van der Waals surface area contributed by atoms with Crippen LogP contribution in [-0.2, 0) is 6.42 Å². The average Bonchev–Trinajstić information content (AvgIpc) is 3.18. The molecule has 3 aromatic rings. The Labute approximate surface area is 130 Å². The lowest BCUT2D eigenvalue weighted by atomic mass is 9.93. The molecule has 1 N–H and O–H groups in total. The van der Waals surface area contributed by atoms with Crippen LogP contribution >= 0.6 is 22.7 Å². The van der Waals surface area contributed by atoms with Gasteiger partial charge in [-0.2, -0.15) is 0 Å². The van der Waals surface area contributed by atoms with Gasteiger partial charge in [0.2, 0.25) is 0 Å². The highest BCUT2D eigenvalue weighted by Crippen LogP contribution is 2.39. The van der Waals surface area contributed by atoms with E-state index in [0.29, 0.717) is 5.56 Å². The maximum atomic E-state index is 14.2. The van der Waals surface area contributed by atoms with E-state index >= 15 is 0 Å². The molecule has 1 aliphatic heterocycles. The van der Waals surface area contributed by atoms with E-state index in [1.165, 1.54) is 16.5 Å². The first-order chi connectivity index (χ1) is 10.3. The monoisotopic (exact) mass is 316 g/mol. The summed E-state index contributed by atoms with van der Waals surface area (Å²) >= 11 is 3.33. The topological polar surface area (TPSA) is 24.9 Å². The molecule has 106 valence electrons. The van der Waals surface area contributed by atoms with Crippen molar-refractivity contribution >= 4 is 22.7 Å². The minimum atomic E-state index is -0.158. The van der Waals surface area contributed by atoms with Gasteiger partial charge in [0.15, 0.2) is 0 Å². The molecule has 0 saturated heterocycles. The highest BCUT2D eigenvalue weighted by atomic mass is 32.1. The Morgan fingerprint density at radius 1 is 1.14 bits per heavy atom. The van der Waals surface area contributed by atoms with Crippen LogP contribution in [0.25, 0.3) is 0 Å². The Kier molecular flexibility index (Phi) is 3.33. The predicted octanol–water partition coefficient (Wildman–Crippen LogP) is 4.32. The molecule has 0 unspecified atom stereocenters. The van der Waals surface area contributed by atoms with Crippen molar-refractivity contribution in [3.05, 3.63) is 74.1 Å². The quantitative estimate of drug-likeness (QED) is 0.761. The van der Waals surface area contributed by atoms with E-state index in [1.54, 1.807) is 28.7 Å². The number of thiazole rings is 1. The van der Waals surface area contributed by atoms with Crippen LogP contribution in [0, 0.1) is 5.82 Å². The van der Waals surface area contributed by atoms with Crippen LogP contribution in [-0.4, -0.2) is 4.98 Å². The summed E-state index contributed by atoms with van der Waals surface area (Å²) < 4.78 is 14.2. The van der Waals surface area contributed by atoms with Crippen LogP contribution in [0.15, 0.2) is 47.3 Å². The number of thiophene rings is 1. The van der Waals surface area contributed by atoms with Gasteiger partial charge in [0.05, 0.1) is 12.1 Å². The van der Waals surface area contributed by atoms with Gasteiger partial charge in [-0.15, -0.1) is 22.7 Å². The zero-order valence-electron chi connectivity index (χ0n) is 11.1. The maximum Gasteiger partial charge on any atom is 0.128 e. The van der Waals surface area contributed by atoms with Gasteiger partial charge in [0.25, 0.3) is 0 Å². The Hall–Kier alpha value is -1.56. The van der Waals surface area contributed by atoms with Crippen LogP contribution in [0.4, 0.5) is 4.39 Å². The number of fused-ring (bicyclic) bond motifs is 1. The molecule has 3 heterocycles. The van der Waals surface area contributed by atoms with Crippen LogP contribution in [0.1, 0.15) is 33.1 Å². The molecule has 2 nitrogen and oxygen atoms in total. The molecule has 0 amide bonds. The Morgan fingerprint density at radius 2 is 2.05 bits per heavy atom. The van der Waals surface area contributed by atoms with Crippen LogP contribution in [0.3, 0.4) is 0 Å². The molecule has 2 aromatic heterocycles. The molecular weight excluding hydrogens is 303 g/mol. The minimum Gasteiger partial charge on any atom is -0.296 e. The fourth-order valence-electron chi connectivity index (χ4n) is 2.83. The van der Waals surface area contributed by atoms with Crippen molar-refractivity contribution in [3.8, 4) is 0 Å². The fourth-order valence-corrected chi connectivity index (χ4v) is 4.54. The normalized spacial score (nSPS) is 21.2. The standard InChI is InChI=1S/C16H13FN2S2/c17-12-4-2-1-3-11(12)14-15-10(5-7-20-15)9-13(19-14)16-18-6-8-21-16/h1-8,13-14,19H,9H2/t13-,14-/m0/s1. The number of nitrogens with one attached hydrogen (secondary N) is 1. The number of aromatic nitrogens is 1. The summed E-state index contributed by atoms with van der Waals surface area (Å²) in [5.41, 5.74) is 2.01. The Morgan fingerprint density at radius 3 is 2.86 bits per heavy atom. The second-order valence-electron chi connectivity index (χ2n) is 5.06. The van der Waals surface area contributed by atoms with Crippen molar-refractivity contribution in [2.45, 2.75) is 18.5 Å². The first-order valence-corrected chi connectivity index (χ1v) is 8.55. The van der Waals surface area contributed by atoms with Crippen molar-refractivity contribution < 1.29 is 4.39 Å². The SMILES string of the molecule is Fc1ccccc1[C@@H]1N[C@H](c2nccs2)Cc2ccsc21. The van der Waals surface area contributed by atoms with Crippen molar-refractivity contribution in [1.82, 2.24) is 10.3 Å². The summed E-state index contributed by atoms with van der Waals surface area (Å²) in [5, 5.41) is 8.71. The van der Waals surface area contributed by atoms with Gasteiger partial charge in [-0.1, -0.05) is 18.2 Å². The highest BCUT2D eigenvalue weighted by molar-refractivity contribution is 7.10. The summed E-state index contributed by atoms with van der Waals surface area (Å²) in [4.78, 5) is 5.63. The molecule has 0 saturated carbocycles. The summed E-state index contributed by atoms with van der Waals surface area (Å²) in [6.45, 7) is 0. The van der Waals surface area contributed by atoms with E-state index in [1.807, 2.05) is 23.7 Å². The van der Waals surface area contributed by atoms with Gasteiger partial charge in [0, 0.05) is 22.0 Å². The second kappa shape index (κ2) is 5.33. The van der Waals surface area contributed by atoms with Crippen LogP contribution < -0.4 is 5.32 Å². The molecule has 1 aliphatic rings. The van der Waals surface area contributed by atoms with Crippen molar-refractivity contribution in [2.75, 3.05) is 0 Å². The number of hydrogen-bond acceptors (Lipinski definition) is 4. The highest BCUT2D eigenvalue weighted by Gasteiger charge is 2.31. The third kappa shape index (κ3) is 2.31. The van der Waals surface area contributed by atoms with E-state index < -0.39 is 0 Å². The number of hydrogen-bond donors (Lipinski definition) is 1. The zero-order valence-corrected chi connectivity index (χ0v) is 12.8. The minimum absolute atomic E-state index is 0.0937. The summed E-state index contributed by atoms with van der Waals surface area (Å²) in [6.07, 6.45) is 2.74. The number of nitrogens with zero attached hydrogens (tertiary/aromatic N) is 1. The molecule has 2 atom stereocenters. The molecule has 4 rings (SSSR count). The molecule has 0 spiro atoms. The van der Waals surface area contributed by atoms with Crippen LogP contribution in [0.5, 0.6) is 0 Å².